The molecule has 0 spiro atoms. The van der Waals surface area contributed by atoms with Crippen LogP contribution in [0.2, 0.25) is 10.0 Å². The first-order valence-corrected chi connectivity index (χ1v) is 11.1. The fraction of sp³-hybridized carbons (Fsp3) is 0.154. The molecule has 1 N–H and O–H groups in total. The molecule has 1 fully saturated rings. The zero-order valence-corrected chi connectivity index (χ0v) is 18.7. The summed E-state index contributed by atoms with van der Waals surface area (Å²) in [5.74, 6) is -0.834. The van der Waals surface area contributed by atoms with Gasteiger partial charge in [-0.3, -0.25) is 9.69 Å². The summed E-state index contributed by atoms with van der Waals surface area (Å²) >= 11 is 12.8. The zero-order chi connectivity index (χ0) is 22.6. The fourth-order valence-electron chi connectivity index (χ4n) is 4.33. The number of rotatable bonds is 4. The van der Waals surface area contributed by atoms with Crippen LogP contribution in [0.25, 0.3) is 11.6 Å². The molecule has 0 saturated heterocycles. The van der Waals surface area contributed by atoms with Gasteiger partial charge in [0, 0.05) is 10.6 Å². The topological polar surface area (TPSA) is 57.6 Å². The smallest absolute Gasteiger partial charge is 0.337 e. The van der Waals surface area contributed by atoms with Crippen molar-refractivity contribution < 1.29 is 14.7 Å². The van der Waals surface area contributed by atoms with E-state index in [0.717, 1.165) is 35.2 Å². The van der Waals surface area contributed by atoms with Crippen molar-refractivity contribution in [3.8, 4) is 0 Å². The fourth-order valence-corrected chi connectivity index (χ4v) is 4.83. The van der Waals surface area contributed by atoms with E-state index in [-0.39, 0.29) is 16.5 Å². The van der Waals surface area contributed by atoms with E-state index in [0.29, 0.717) is 22.2 Å². The Morgan fingerprint density at radius 2 is 1.81 bits per heavy atom. The Labute approximate surface area is 195 Å². The molecular formula is C26H19Cl2NO3. The van der Waals surface area contributed by atoms with Gasteiger partial charge in [0.25, 0.3) is 5.91 Å². The number of fused-ring (bicyclic) bond motifs is 1. The van der Waals surface area contributed by atoms with Crippen LogP contribution in [0.1, 0.15) is 51.4 Å². The molecule has 1 heterocycles. The highest BCUT2D eigenvalue weighted by molar-refractivity contribution is 6.40. The van der Waals surface area contributed by atoms with Crippen LogP contribution in [-0.2, 0) is 4.79 Å². The van der Waals surface area contributed by atoms with Crippen molar-refractivity contribution in [2.75, 3.05) is 4.90 Å². The Bertz CT molecular complexity index is 1320. The maximum Gasteiger partial charge on any atom is 0.337 e. The summed E-state index contributed by atoms with van der Waals surface area (Å²) in [6.45, 7) is 1.97. The molecule has 0 aromatic heterocycles. The van der Waals surface area contributed by atoms with Gasteiger partial charge >= 0.3 is 5.97 Å². The second-order valence-electron chi connectivity index (χ2n) is 8.15. The van der Waals surface area contributed by atoms with Crippen LogP contribution in [-0.4, -0.2) is 17.0 Å². The van der Waals surface area contributed by atoms with E-state index in [1.807, 2.05) is 43.3 Å². The Kier molecular flexibility index (Phi) is 5.07. The van der Waals surface area contributed by atoms with Gasteiger partial charge in [-0.25, -0.2) is 4.79 Å². The normalized spacial score (nSPS) is 16.5. The molecule has 3 aromatic carbocycles. The molecule has 0 radical (unpaired) electrons. The summed E-state index contributed by atoms with van der Waals surface area (Å²) in [5.41, 5.74) is 5.67. The minimum atomic E-state index is -1.11. The number of halogens is 2. The van der Waals surface area contributed by atoms with Crippen LogP contribution >= 0.6 is 23.2 Å². The average Bonchev–Trinajstić information content (AvgIpc) is 3.54. The Morgan fingerprint density at radius 1 is 1.06 bits per heavy atom. The maximum absolute atomic E-state index is 13.7. The predicted molar refractivity (Wildman–Crippen MR) is 128 cm³/mol. The molecular weight excluding hydrogens is 445 g/mol. The molecule has 3 aromatic rings. The van der Waals surface area contributed by atoms with Gasteiger partial charge in [-0.2, -0.15) is 0 Å². The number of hydrogen-bond donors (Lipinski definition) is 1. The first kappa shape index (κ1) is 20.8. The van der Waals surface area contributed by atoms with Crippen molar-refractivity contribution in [3.05, 3.63) is 92.5 Å². The van der Waals surface area contributed by atoms with Crippen LogP contribution in [0.5, 0.6) is 0 Å². The standard InChI is InChI=1S/C26H19Cl2NO3/c1-14-4-2-7-23-24(14)20(13-19-17(15-8-9-15)5-3-6-21(19)27)25(30)29(23)16-10-11-18(26(31)32)22(28)12-16/h2-7,10-13,15H,8-9H2,1H3,(H,31,32)/b20-13-. The van der Waals surface area contributed by atoms with Crippen molar-refractivity contribution in [2.24, 2.45) is 0 Å². The minimum Gasteiger partial charge on any atom is -0.478 e. The monoisotopic (exact) mass is 463 g/mol. The number of carboxylic acids is 1. The molecule has 1 aliphatic carbocycles. The Hall–Kier alpha value is -3.08. The quantitative estimate of drug-likeness (QED) is 0.419. The van der Waals surface area contributed by atoms with Gasteiger partial charge in [-0.1, -0.05) is 47.5 Å². The van der Waals surface area contributed by atoms with E-state index < -0.39 is 5.97 Å². The van der Waals surface area contributed by atoms with Crippen molar-refractivity contribution in [1.29, 1.82) is 0 Å². The van der Waals surface area contributed by atoms with Gasteiger partial charge in [-0.15, -0.1) is 0 Å². The molecule has 0 atom stereocenters. The number of carbonyl (C=O) groups is 2. The van der Waals surface area contributed by atoms with Crippen molar-refractivity contribution in [2.45, 2.75) is 25.7 Å². The van der Waals surface area contributed by atoms with E-state index in [2.05, 4.69) is 6.07 Å². The number of benzene rings is 3. The van der Waals surface area contributed by atoms with Crippen molar-refractivity contribution >= 4 is 58.1 Å². The van der Waals surface area contributed by atoms with Crippen LogP contribution in [0.4, 0.5) is 11.4 Å². The largest absolute Gasteiger partial charge is 0.478 e. The number of aryl methyl sites for hydroxylation is 1. The molecule has 5 rings (SSSR count). The van der Waals surface area contributed by atoms with Gasteiger partial charge in [-0.05, 0) is 78.8 Å². The van der Waals surface area contributed by atoms with E-state index >= 15 is 0 Å². The third kappa shape index (κ3) is 3.40. The molecule has 1 amide bonds. The Morgan fingerprint density at radius 3 is 2.50 bits per heavy atom. The summed E-state index contributed by atoms with van der Waals surface area (Å²) in [6, 6.07) is 16.2. The molecule has 0 bridgehead atoms. The number of amides is 1. The molecule has 1 aliphatic heterocycles. The molecule has 160 valence electrons. The lowest BCUT2D eigenvalue weighted by Crippen LogP contribution is -2.20. The second-order valence-corrected chi connectivity index (χ2v) is 8.97. The summed E-state index contributed by atoms with van der Waals surface area (Å²) < 4.78 is 0. The van der Waals surface area contributed by atoms with E-state index in [9.17, 15) is 14.7 Å². The summed E-state index contributed by atoms with van der Waals surface area (Å²) in [7, 11) is 0. The van der Waals surface area contributed by atoms with Crippen LogP contribution in [0.3, 0.4) is 0 Å². The average molecular weight is 464 g/mol. The van der Waals surface area contributed by atoms with E-state index in [1.54, 1.807) is 11.0 Å². The number of nitrogens with zero attached hydrogens (tertiary/aromatic N) is 1. The maximum atomic E-state index is 13.7. The highest BCUT2D eigenvalue weighted by Gasteiger charge is 2.36. The van der Waals surface area contributed by atoms with Crippen LogP contribution in [0.15, 0.2) is 54.6 Å². The molecule has 32 heavy (non-hydrogen) atoms. The number of carbonyl (C=O) groups excluding carboxylic acids is 1. The van der Waals surface area contributed by atoms with Crippen molar-refractivity contribution in [1.82, 2.24) is 0 Å². The molecule has 2 aliphatic rings. The van der Waals surface area contributed by atoms with E-state index in [1.165, 1.54) is 17.7 Å². The van der Waals surface area contributed by atoms with Gasteiger partial charge in [0.1, 0.15) is 0 Å². The van der Waals surface area contributed by atoms with Crippen LogP contribution < -0.4 is 4.90 Å². The highest BCUT2D eigenvalue weighted by Crippen LogP contribution is 2.47. The number of aromatic carboxylic acids is 1. The van der Waals surface area contributed by atoms with Gasteiger partial charge in [0.05, 0.1) is 27.5 Å². The lowest BCUT2D eigenvalue weighted by atomic mass is 9.96. The predicted octanol–water partition coefficient (Wildman–Crippen LogP) is 7.10. The number of anilines is 2. The van der Waals surface area contributed by atoms with Gasteiger partial charge < -0.3 is 5.11 Å². The highest BCUT2D eigenvalue weighted by atomic mass is 35.5. The van der Waals surface area contributed by atoms with Gasteiger partial charge in [0.2, 0.25) is 0 Å². The SMILES string of the molecule is Cc1cccc2c1/C(=C/c1c(Cl)cccc1C1CC1)C(=O)N2c1ccc(C(=O)O)c(Cl)c1. The summed E-state index contributed by atoms with van der Waals surface area (Å²) in [5, 5.41) is 9.99. The van der Waals surface area contributed by atoms with E-state index in [4.69, 9.17) is 23.2 Å². The number of carboxylic acid groups (broad SMARTS) is 1. The molecule has 0 unspecified atom stereocenters. The van der Waals surface area contributed by atoms with Crippen molar-refractivity contribution in [3.63, 3.8) is 0 Å². The molecule has 4 nitrogen and oxygen atoms in total. The first-order valence-electron chi connectivity index (χ1n) is 10.3. The molecule has 6 heteroatoms. The second kappa shape index (κ2) is 7.80. The summed E-state index contributed by atoms with van der Waals surface area (Å²) in [6.07, 6.45) is 4.15. The van der Waals surface area contributed by atoms with Gasteiger partial charge in [0.15, 0.2) is 0 Å². The Balaban J connectivity index is 1.68. The third-order valence-corrected chi connectivity index (χ3v) is 6.67. The lowest BCUT2D eigenvalue weighted by Gasteiger charge is -2.18. The zero-order valence-electron chi connectivity index (χ0n) is 17.2. The summed E-state index contributed by atoms with van der Waals surface area (Å²) in [4.78, 5) is 26.6. The number of hydrogen-bond acceptors (Lipinski definition) is 2. The minimum absolute atomic E-state index is 0.00700. The third-order valence-electron chi connectivity index (χ3n) is 6.03. The van der Waals surface area contributed by atoms with Crippen LogP contribution in [0, 0.1) is 6.92 Å². The molecule has 1 saturated carbocycles. The lowest BCUT2D eigenvalue weighted by molar-refractivity contribution is -0.112. The first-order chi connectivity index (χ1) is 15.4.